The van der Waals surface area contributed by atoms with Gasteiger partial charge in [0.2, 0.25) is 10.0 Å². The number of ether oxygens (including phenoxy) is 1. The molecular formula is C14H14N4O5S2. The van der Waals surface area contributed by atoms with Crippen LogP contribution in [0.1, 0.15) is 5.69 Å². The van der Waals surface area contributed by atoms with Crippen LogP contribution >= 0.6 is 11.3 Å². The van der Waals surface area contributed by atoms with Gasteiger partial charge in [-0.2, -0.15) is 9.82 Å². The first-order valence-corrected chi connectivity index (χ1v) is 9.42. The smallest absolute Gasteiger partial charge is 0.321 e. The highest BCUT2D eigenvalue weighted by atomic mass is 32.2. The summed E-state index contributed by atoms with van der Waals surface area (Å²) >= 11 is 1.36. The Balaban J connectivity index is 1.50. The van der Waals surface area contributed by atoms with Crippen LogP contribution in [0.3, 0.4) is 0 Å². The van der Waals surface area contributed by atoms with Gasteiger partial charge < -0.3 is 9.15 Å². The third kappa shape index (κ3) is 4.32. The molecule has 0 aromatic carbocycles. The molecule has 0 unspecified atom stereocenters. The Hall–Kier alpha value is -2.50. The second-order valence-corrected chi connectivity index (χ2v) is 7.58. The summed E-state index contributed by atoms with van der Waals surface area (Å²) in [6.45, 7) is -0.531. The summed E-state index contributed by atoms with van der Waals surface area (Å²) in [6.07, 6.45) is 4.07. The Kier molecular flexibility index (Phi) is 4.97. The molecule has 0 saturated carbocycles. The minimum Gasteiger partial charge on any atom is -0.462 e. The third-order valence-electron chi connectivity index (χ3n) is 3.06. The van der Waals surface area contributed by atoms with Gasteiger partial charge >= 0.3 is 5.97 Å². The van der Waals surface area contributed by atoms with Crippen molar-refractivity contribution in [2.75, 3.05) is 6.54 Å². The van der Waals surface area contributed by atoms with Crippen molar-refractivity contribution in [1.82, 2.24) is 19.5 Å². The van der Waals surface area contributed by atoms with E-state index in [1.165, 1.54) is 28.4 Å². The third-order valence-corrected chi connectivity index (χ3v) is 5.32. The van der Waals surface area contributed by atoms with E-state index in [1.807, 2.05) is 0 Å². The van der Waals surface area contributed by atoms with Crippen LogP contribution in [0.4, 0.5) is 0 Å². The molecule has 0 aliphatic heterocycles. The molecule has 0 amide bonds. The number of nitrogens with zero attached hydrogens (tertiary/aromatic N) is 3. The predicted octanol–water partition coefficient (Wildman–Crippen LogP) is 1.16. The molecule has 0 fully saturated rings. The van der Waals surface area contributed by atoms with Crippen LogP contribution in [0.25, 0.3) is 10.8 Å². The van der Waals surface area contributed by atoms with Gasteiger partial charge in [-0.1, -0.05) is 0 Å². The number of esters is 1. The predicted molar refractivity (Wildman–Crippen MR) is 88.0 cm³/mol. The molecule has 0 spiro atoms. The monoisotopic (exact) mass is 382 g/mol. The highest BCUT2D eigenvalue weighted by Crippen LogP contribution is 2.24. The number of furan rings is 1. The molecule has 0 saturated heterocycles. The number of rotatable bonds is 7. The molecule has 0 radical (unpaired) electrons. The minimum atomic E-state index is -3.80. The number of hydrogen-bond donors (Lipinski definition) is 1. The minimum absolute atomic E-state index is 0.0228. The lowest BCUT2D eigenvalue weighted by molar-refractivity contribution is -0.143. The van der Waals surface area contributed by atoms with Gasteiger partial charge in [0, 0.05) is 18.6 Å². The first-order chi connectivity index (χ1) is 11.9. The van der Waals surface area contributed by atoms with E-state index in [1.54, 1.807) is 30.8 Å². The van der Waals surface area contributed by atoms with E-state index in [0.717, 1.165) is 0 Å². The van der Waals surface area contributed by atoms with Crippen molar-refractivity contribution in [2.45, 2.75) is 11.5 Å². The maximum absolute atomic E-state index is 12.0. The van der Waals surface area contributed by atoms with Crippen LogP contribution in [0.2, 0.25) is 0 Å². The maximum Gasteiger partial charge on any atom is 0.321 e. The molecule has 0 bridgehead atoms. The van der Waals surface area contributed by atoms with Crippen LogP contribution in [0.15, 0.2) is 45.5 Å². The molecule has 0 aliphatic rings. The van der Waals surface area contributed by atoms with Crippen LogP contribution < -0.4 is 4.72 Å². The van der Waals surface area contributed by atoms with Gasteiger partial charge in [-0.05, 0) is 12.1 Å². The van der Waals surface area contributed by atoms with E-state index in [4.69, 9.17) is 9.15 Å². The fourth-order valence-corrected chi connectivity index (χ4v) is 3.59. The number of hydrogen-bond acceptors (Lipinski definition) is 8. The molecule has 0 aliphatic carbocycles. The highest BCUT2D eigenvalue weighted by molar-refractivity contribution is 7.89. The summed E-state index contributed by atoms with van der Waals surface area (Å²) in [5, 5.41) is 6.19. The Labute approximate surface area is 147 Å². The summed E-state index contributed by atoms with van der Waals surface area (Å²) in [5.74, 6) is -0.0770. The Morgan fingerprint density at radius 2 is 2.32 bits per heavy atom. The molecule has 3 aromatic rings. The summed E-state index contributed by atoms with van der Waals surface area (Å²) < 4.78 is 37.7. The molecule has 0 atom stereocenters. The summed E-state index contributed by atoms with van der Waals surface area (Å²) in [4.78, 5) is 16.0. The lowest BCUT2D eigenvalue weighted by Crippen LogP contribution is -2.30. The molecule has 3 rings (SSSR count). The van der Waals surface area contributed by atoms with Gasteiger partial charge in [0.25, 0.3) is 0 Å². The van der Waals surface area contributed by atoms with Gasteiger partial charge in [-0.3, -0.25) is 9.48 Å². The highest BCUT2D eigenvalue weighted by Gasteiger charge is 2.18. The zero-order chi connectivity index (χ0) is 17.9. The standard InChI is InChI=1S/C14H14N4O5S2/c1-18-7-11(5-15-18)25(20,21)16-6-13(19)23-8-10-9-24-14(17-10)12-3-2-4-22-12/h2-5,7,9,16H,6,8H2,1H3. The van der Waals surface area contributed by atoms with E-state index in [2.05, 4.69) is 14.8 Å². The van der Waals surface area contributed by atoms with Crippen molar-refractivity contribution in [3.63, 3.8) is 0 Å². The van der Waals surface area contributed by atoms with E-state index < -0.39 is 22.5 Å². The molecule has 9 nitrogen and oxygen atoms in total. The lowest BCUT2D eigenvalue weighted by atomic mass is 10.4. The number of nitrogens with one attached hydrogen (secondary N) is 1. The van der Waals surface area contributed by atoms with Crippen LogP contribution in [-0.4, -0.2) is 35.7 Å². The number of carbonyl (C=O) groups excluding carboxylic acids is 1. The lowest BCUT2D eigenvalue weighted by Gasteiger charge is -2.05. The van der Waals surface area contributed by atoms with E-state index in [0.29, 0.717) is 16.5 Å². The maximum atomic E-state index is 12.0. The molecule has 3 aromatic heterocycles. The quantitative estimate of drug-likeness (QED) is 0.609. The van der Waals surface area contributed by atoms with Crippen LogP contribution in [0.5, 0.6) is 0 Å². The van der Waals surface area contributed by atoms with Gasteiger partial charge in [0.05, 0.1) is 18.2 Å². The van der Waals surface area contributed by atoms with Crippen molar-refractivity contribution >= 4 is 27.3 Å². The van der Waals surface area contributed by atoms with Crippen LogP contribution in [-0.2, 0) is 33.2 Å². The molecule has 25 heavy (non-hydrogen) atoms. The Morgan fingerprint density at radius 3 is 3.00 bits per heavy atom. The van der Waals surface area contributed by atoms with Crippen molar-refractivity contribution in [2.24, 2.45) is 7.05 Å². The average molecular weight is 382 g/mol. The van der Waals surface area contributed by atoms with Gasteiger partial charge in [0.15, 0.2) is 10.8 Å². The largest absolute Gasteiger partial charge is 0.462 e. The number of thiazole rings is 1. The summed E-state index contributed by atoms with van der Waals surface area (Å²) in [6, 6.07) is 3.53. The van der Waals surface area contributed by atoms with Crippen LogP contribution in [0, 0.1) is 0 Å². The molecule has 1 N–H and O–H groups in total. The number of aromatic nitrogens is 3. The summed E-state index contributed by atoms with van der Waals surface area (Å²) in [7, 11) is -2.21. The zero-order valence-corrected chi connectivity index (χ0v) is 14.7. The fraction of sp³-hybridized carbons (Fsp3) is 0.214. The van der Waals surface area contributed by atoms with Crippen molar-refractivity contribution in [3.8, 4) is 10.8 Å². The molecule has 3 heterocycles. The zero-order valence-electron chi connectivity index (χ0n) is 13.1. The van der Waals surface area contributed by atoms with Crippen molar-refractivity contribution in [1.29, 1.82) is 0 Å². The fourth-order valence-electron chi connectivity index (χ4n) is 1.87. The SMILES string of the molecule is Cn1cc(S(=O)(=O)NCC(=O)OCc2csc(-c3ccco3)n2)cn1. The van der Waals surface area contributed by atoms with Crippen molar-refractivity contribution < 1.29 is 22.4 Å². The average Bonchev–Trinajstić information content (AvgIpc) is 3.31. The second kappa shape index (κ2) is 7.17. The summed E-state index contributed by atoms with van der Waals surface area (Å²) in [5.41, 5.74) is 0.555. The Morgan fingerprint density at radius 1 is 1.48 bits per heavy atom. The van der Waals surface area contributed by atoms with Gasteiger partial charge in [0.1, 0.15) is 18.0 Å². The normalized spacial score (nSPS) is 11.6. The Bertz CT molecular complexity index is 959. The second-order valence-electron chi connectivity index (χ2n) is 4.96. The number of aryl methyl sites for hydroxylation is 1. The van der Waals surface area contributed by atoms with Gasteiger partial charge in [-0.15, -0.1) is 11.3 Å². The van der Waals surface area contributed by atoms with Crippen molar-refractivity contribution in [3.05, 3.63) is 41.9 Å². The number of carbonyl (C=O) groups is 1. The van der Waals surface area contributed by atoms with E-state index in [9.17, 15) is 13.2 Å². The first-order valence-electron chi connectivity index (χ1n) is 7.06. The molecular weight excluding hydrogens is 368 g/mol. The topological polar surface area (TPSA) is 116 Å². The molecule has 132 valence electrons. The van der Waals surface area contributed by atoms with E-state index in [-0.39, 0.29) is 11.5 Å². The van der Waals surface area contributed by atoms with E-state index >= 15 is 0 Å². The van der Waals surface area contributed by atoms with Gasteiger partial charge in [-0.25, -0.2) is 13.4 Å². The number of sulfonamides is 1. The molecule has 11 heteroatoms. The first kappa shape index (κ1) is 17.3.